The largest absolute Gasteiger partial charge is 0.480 e. The van der Waals surface area contributed by atoms with Crippen molar-refractivity contribution in [3.63, 3.8) is 0 Å². The zero-order valence-corrected chi connectivity index (χ0v) is 15.6. The van der Waals surface area contributed by atoms with Gasteiger partial charge in [0, 0.05) is 41.0 Å². The number of carbonyl (C=O) groups is 2. The first-order chi connectivity index (χ1) is 12.5. The van der Waals surface area contributed by atoms with Gasteiger partial charge < -0.3 is 15.0 Å². The van der Waals surface area contributed by atoms with Crippen molar-refractivity contribution in [3.05, 3.63) is 70.8 Å². The molecule has 5 nitrogen and oxygen atoms in total. The van der Waals surface area contributed by atoms with Crippen LogP contribution in [0.1, 0.15) is 12.0 Å². The molecule has 0 saturated carbocycles. The molecule has 0 aliphatic rings. The highest BCUT2D eigenvalue weighted by molar-refractivity contribution is 9.10. The lowest BCUT2D eigenvalue weighted by atomic mass is 10.1. The third-order valence-corrected chi connectivity index (χ3v) is 4.95. The van der Waals surface area contributed by atoms with Crippen LogP contribution >= 0.6 is 15.9 Å². The predicted octanol–water partition coefficient (Wildman–Crippen LogP) is 3.61. The Morgan fingerprint density at radius 1 is 1.08 bits per heavy atom. The van der Waals surface area contributed by atoms with E-state index in [0.717, 1.165) is 20.9 Å². The number of rotatable bonds is 7. The highest BCUT2D eigenvalue weighted by Gasteiger charge is 2.20. The molecular formula is C20H19BrN2O3. The van der Waals surface area contributed by atoms with Crippen molar-refractivity contribution in [2.24, 2.45) is 0 Å². The molecule has 1 heterocycles. The molecule has 1 atom stereocenters. The van der Waals surface area contributed by atoms with Crippen molar-refractivity contribution < 1.29 is 14.7 Å². The van der Waals surface area contributed by atoms with Gasteiger partial charge in [-0.25, -0.2) is 4.79 Å². The van der Waals surface area contributed by atoms with Gasteiger partial charge in [0.05, 0.1) is 0 Å². The minimum absolute atomic E-state index is 0.217. The van der Waals surface area contributed by atoms with E-state index in [1.807, 2.05) is 65.4 Å². The Balaban J connectivity index is 1.61. The zero-order valence-electron chi connectivity index (χ0n) is 14.1. The molecule has 134 valence electrons. The first-order valence-corrected chi connectivity index (χ1v) is 9.13. The first kappa shape index (κ1) is 18.2. The molecule has 6 heteroatoms. The van der Waals surface area contributed by atoms with Crippen molar-refractivity contribution in [1.82, 2.24) is 9.88 Å². The van der Waals surface area contributed by atoms with E-state index >= 15 is 0 Å². The number of carbonyl (C=O) groups excluding carboxylic acids is 1. The predicted molar refractivity (Wildman–Crippen MR) is 104 cm³/mol. The topological polar surface area (TPSA) is 71.3 Å². The molecule has 0 bridgehead atoms. The molecule has 0 spiro atoms. The number of benzene rings is 2. The van der Waals surface area contributed by atoms with Gasteiger partial charge in [-0.3, -0.25) is 4.79 Å². The number of nitrogens with zero attached hydrogens (tertiary/aromatic N) is 1. The lowest BCUT2D eigenvalue weighted by Gasteiger charge is -2.15. The van der Waals surface area contributed by atoms with Gasteiger partial charge in [-0.15, -0.1) is 0 Å². The second-order valence-electron chi connectivity index (χ2n) is 6.08. The average molecular weight is 415 g/mol. The minimum Gasteiger partial charge on any atom is -0.480 e. The van der Waals surface area contributed by atoms with Crippen molar-refractivity contribution in [1.29, 1.82) is 0 Å². The summed E-state index contributed by atoms with van der Waals surface area (Å²) in [4.78, 5) is 23.7. The molecule has 0 aliphatic carbocycles. The number of aryl methyl sites for hydroxylation is 1. The Morgan fingerprint density at radius 3 is 2.58 bits per heavy atom. The fourth-order valence-electron chi connectivity index (χ4n) is 2.92. The Bertz CT molecular complexity index is 921. The van der Waals surface area contributed by atoms with E-state index in [2.05, 4.69) is 21.2 Å². The molecule has 2 N–H and O–H groups in total. The molecule has 2 aromatic carbocycles. The van der Waals surface area contributed by atoms with Gasteiger partial charge in [-0.2, -0.15) is 0 Å². The molecule has 0 unspecified atom stereocenters. The van der Waals surface area contributed by atoms with E-state index < -0.39 is 12.0 Å². The van der Waals surface area contributed by atoms with Crippen molar-refractivity contribution in [3.8, 4) is 0 Å². The van der Waals surface area contributed by atoms with Gasteiger partial charge in [-0.05, 0) is 23.8 Å². The second kappa shape index (κ2) is 8.19. The molecule has 0 saturated heterocycles. The maximum Gasteiger partial charge on any atom is 0.326 e. The van der Waals surface area contributed by atoms with Crippen LogP contribution in [0.3, 0.4) is 0 Å². The summed E-state index contributed by atoms with van der Waals surface area (Å²) in [7, 11) is 0. The van der Waals surface area contributed by atoms with E-state index in [1.54, 1.807) is 0 Å². The Kier molecular flexibility index (Phi) is 5.73. The minimum atomic E-state index is -1.03. The Hall–Kier alpha value is -2.60. The van der Waals surface area contributed by atoms with Crippen LogP contribution in [0, 0.1) is 0 Å². The molecule has 3 rings (SSSR count). The summed E-state index contributed by atoms with van der Waals surface area (Å²) in [5.41, 5.74) is 1.91. The summed E-state index contributed by atoms with van der Waals surface area (Å²) < 4.78 is 3.00. The fourth-order valence-corrected chi connectivity index (χ4v) is 3.41. The zero-order chi connectivity index (χ0) is 18.5. The van der Waals surface area contributed by atoms with Crippen molar-refractivity contribution >= 4 is 38.7 Å². The third-order valence-electron chi connectivity index (χ3n) is 4.26. The van der Waals surface area contributed by atoms with Gasteiger partial charge in [0.15, 0.2) is 0 Å². The molecule has 3 aromatic rings. The summed E-state index contributed by atoms with van der Waals surface area (Å²) in [5.74, 6) is -1.30. The number of carboxylic acid groups (broad SMARTS) is 1. The summed E-state index contributed by atoms with van der Waals surface area (Å²) in [6.07, 6.45) is 2.41. The number of aliphatic carboxylic acids is 1. The van der Waals surface area contributed by atoms with Crippen LogP contribution in [-0.4, -0.2) is 27.6 Å². The number of fused-ring (bicyclic) bond motifs is 1. The van der Waals surface area contributed by atoms with Gasteiger partial charge >= 0.3 is 5.97 Å². The number of hydrogen-bond donors (Lipinski definition) is 2. The highest BCUT2D eigenvalue weighted by Crippen LogP contribution is 2.24. The van der Waals surface area contributed by atoms with E-state index in [9.17, 15) is 14.7 Å². The number of amides is 1. The van der Waals surface area contributed by atoms with Crippen molar-refractivity contribution in [2.45, 2.75) is 25.4 Å². The lowest BCUT2D eigenvalue weighted by molar-refractivity contribution is -0.141. The van der Waals surface area contributed by atoms with Gasteiger partial charge in [0.1, 0.15) is 6.04 Å². The second-order valence-corrected chi connectivity index (χ2v) is 6.93. The molecule has 0 radical (unpaired) electrons. The van der Waals surface area contributed by atoms with Crippen molar-refractivity contribution in [2.75, 3.05) is 0 Å². The van der Waals surface area contributed by atoms with Crippen LogP contribution in [0.4, 0.5) is 0 Å². The van der Waals surface area contributed by atoms with Crippen LogP contribution in [-0.2, 0) is 22.6 Å². The fraction of sp³-hybridized carbons (Fsp3) is 0.200. The smallest absolute Gasteiger partial charge is 0.326 e. The summed E-state index contributed by atoms with van der Waals surface area (Å²) in [5, 5.41) is 13.1. The van der Waals surface area contributed by atoms with Crippen LogP contribution in [0.5, 0.6) is 0 Å². The number of aromatic nitrogens is 1. The van der Waals surface area contributed by atoms with E-state index in [0.29, 0.717) is 6.54 Å². The molecule has 1 aromatic heterocycles. The van der Waals surface area contributed by atoms with Crippen LogP contribution in [0.2, 0.25) is 0 Å². The Labute approximate surface area is 159 Å². The highest BCUT2D eigenvalue weighted by atomic mass is 79.9. The lowest BCUT2D eigenvalue weighted by Crippen LogP contribution is -2.42. The Morgan fingerprint density at radius 2 is 1.85 bits per heavy atom. The normalized spacial score (nSPS) is 12.0. The van der Waals surface area contributed by atoms with Crippen LogP contribution in [0.25, 0.3) is 10.9 Å². The summed E-state index contributed by atoms with van der Waals surface area (Å²) in [6.45, 7) is 0.490. The van der Waals surface area contributed by atoms with E-state index in [1.165, 1.54) is 0 Å². The monoisotopic (exact) mass is 414 g/mol. The van der Waals surface area contributed by atoms with E-state index in [-0.39, 0.29) is 18.7 Å². The summed E-state index contributed by atoms with van der Waals surface area (Å²) >= 11 is 3.51. The maximum absolute atomic E-state index is 12.2. The van der Waals surface area contributed by atoms with Gasteiger partial charge in [0.25, 0.3) is 0 Å². The SMILES string of the molecule is O=C(CCn1ccc2c(Br)cccc21)N[C@@H](Cc1ccccc1)C(=O)O. The number of hydrogen-bond acceptors (Lipinski definition) is 2. The molecule has 26 heavy (non-hydrogen) atoms. The third kappa shape index (κ3) is 4.32. The average Bonchev–Trinajstić information content (AvgIpc) is 3.05. The first-order valence-electron chi connectivity index (χ1n) is 8.34. The van der Waals surface area contributed by atoms with Crippen LogP contribution in [0.15, 0.2) is 65.3 Å². The number of halogens is 1. The van der Waals surface area contributed by atoms with Gasteiger partial charge in [-0.1, -0.05) is 52.3 Å². The van der Waals surface area contributed by atoms with E-state index in [4.69, 9.17) is 0 Å². The molecule has 1 amide bonds. The quantitative estimate of drug-likeness (QED) is 0.620. The van der Waals surface area contributed by atoms with Crippen LogP contribution < -0.4 is 5.32 Å². The molecular weight excluding hydrogens is 396 g/mol. The molecule has 0 aliphatic heterocycles. The van der Waals surface area contributed by atoms with Gasteiger partial charge in [0.2, 0.25) is 5.91 Å². The standard InChI is InChI=1S/C20H19BrN2O3/c21-16-7-4-8-18-15(16)9-11-23(18)12-10-19(24)22-17(20(25)26)13-14-5-2-1-3-6-14/h1-9,11,17H,10,12-13H2,(H,22,24)(H,25,26)/t17-/m0/s1. The number of nitrogens with one attached hydrogen (secondary N) is 1. The molecule has 0 fully saturated rings. The summed E-state index contributed by atoms with van der Waals surface area (Å²) in [6, 6.07) is 16.3. The number of carboxylic acids is 1. The maximum atomic E-state index is 12.2.